The molecule has 0 spiro atoms. The Hall–Kier alpha value is -1.55. The molecular weight excluding hydrogens is 254 g/mol. The summed E-state index contributed by atoms with van der Waals surface area (Å²) in [7, 11) is 0. The number of ether oxygens (including phenoxy) is 2. The third kappa shape index (κ3) is 3.73. The van der Waals surface area contributed by atoms with Crippen molar-refractivity contribution in [2.75, 3.05) is 19.7 Å². The number of benzene rings is 1. The van der Waals surface area contributed by atoms with E-state index in [0.717, 1.165) is 12.2 Å². The highest BCUT2D eigenvalue weighted by Crippen LogP contribution is 2.18. The van der Waals surface area contributed by atoms with Gasteiger partial charge in [0.1, 0.15) is 5.75 Å². The van der Waals surface area contributed by atoms with Crippen molar-refractivity contribution in [3.63, 3.8) is 0 Å². The van der Waals surface area contributed by atoms with E-state index in [1.165, 1.54) is 0 Å². The summed E-state index contributed by atoms with van der Waals surface area (Å²) in [5.74, 6) is 0.806. The van der Waals surface area contributed by atoms with Crippen LogP contribution in [0.4, 0.5) is 0 Å². The van der Waals surface area contributed by atoms with Crippen LogP contribution in [0.5, 0.6) is 5.75 Å². The van der Waals surface area contributed by atoms with E-state index in [1.54, 1.807) is 0 Å². The van der Waals surface area contributed by atoms with Gasteiger partial charge in [0, 0.05) is 18.7 Å². The zero-order valence-corrected chi connectivity index (χ0v) is 12.5. The molecule has 0 aliphatic carbocycles. The van der Waals surface area contributed by atoms with Gasteiger partial charge in [-0.3, -0.25) is 4.79 Å². The number of hydrogen-bond donors (Lipinski definition) is 0. The highest BCUT2D eigenvalue weighted by molar-refractivity contribution is 5.94. The first-order valence-electron chi connectivity index (χ1n) is 7.27. The van der Waals surface area contributed by atoms with Gasteiger partial charge in [-0.25, -0.2) is 0 Å². The Kier molecular flexibility index (Phi) is 5.01. The molecule has 1 aromatic rings. The monoisotopic (exact) mass is 277 g/mol. The van der Waals surface area contributed by atoms with Gasteiger partial charge in [-0.1, -0.05) is 13.0 Å². The van der Waals surface area contributed by atoms with Crippen molar-refractivity contribution in [2.24, 2.45) is 0 Å². The van der Waals surface area contributed by atoms with Gasteiger partial charge in [-0.05, 0) is 38.5 Å². The summed E-state index contributed by atoms with van der Waals surface area (Å²) < 4.78 is 11.2. The summed E-state index contributed by atoms with van der Waals surface area (Å²) in [5.41, 5.74) is 0.680. The Bertz CT molecular complexity index is 451. The quantitative estimate of drug-likeness (QED) is 0.849. The minimum atomic E-state index is 0.0500. The summed E-state index contributed by atoms with van der Waals surface area (Å²) >= 11 is 0. The SMILES string of the molecule is CCCOc1cccc(C(=O)N2CC(C)OC(C)C2)c1. The van der Waals surface area contributed by atoms with Crippen molar-refractivity contribution in [3.05, 3.63) is 29.8 Å². The maximum Gasteiger partial charge on any atom is 0.254 e. The van der Waals surface area contributed by atoms with Gasteiger partial charge in [0.2, 0.25) is 0 Å². The van der Waals surface area contributed by atoms with Crippen molar-refractivity contribution in [3.8, 4) is 5.75 Å². The number of carbonyl (C=O) groups is 1. The molecule has 1 amide bonds. The topological polar surface area (TPSA) is 38.8 Å². The minimum Gasteiger partial charge on any atom is -0.494 e. The van der Waals surface area contributed by atoms with Gasteiger partial charge in [0.15, 0.2) is 0 Å². The van der Waals surface area contributed by atoms with Crippen molar-refractivity contribution < 1.29 is 14.3 Å². The van der Waals surface area contributed by atoms with Crippen molar-refractivity contribution in [1.29, 1.82) is 0 Å². The molecule has 4 heteroatoms. The molecular formula is C16H23NO3. The number of rotatable bonds is 4. The number of hydrogen-bond acceptors (Lipinski definition) is 3. The Balaban J connectivity index is 2.08. The average Bonchev–Trinajstić information content (AvgIpc) is 2.43. The molecule has 20 heavy (non-hydrogen) atoms. The Morgan fingerprint density at radius 1 is 1.35 bits per heavy atom. The normalized spacial score (nSPS) is 22.6. The van der Waals surface area contributed by atoms with E-state index in [2.05, 4.69) is 6.92 Å². The van der Waals surface area contributed by atoms with Crippen LogP contribution in [-0.4, -0.2) is 42.7 Å². The predicted molar refractivity (Wildman–Crippen MR) is 78.1 cm³/mol. The highest BCUT2D eigenvalue weighted by Gasteiger charge is 2.26. The lowest BCUT2D eigenvalue weighted by molar-refractivity contribution is -0.0586. The summed E-state index contributed by atoms with van der Waals surface area (Å²) in [6.45, 7) is 8.01. The van der Waals surface area contributed by atoms with Crippen molar-refractivity contribution >= 4 is 5.91 Å². The lowest BCUT2D eigenvalue weighted by Crippen LogP contribution is -2.48. The van der Waals surface area contributed by atoms with E-state index >= 15 is 0 Å². The zero-order chi connectivity index (χ0) is 14.5. The van der Waals surface area contributed by atoms with Gasteiger partial charge < -0.3 is 14.4 Å². The highest BCUT2D eigenvalue weighted by atomic mass is 16.5. The van der Waals surface area contributed by atoms with Crippen LogP contribution in [0.1, 0.15) is 37.6 Å². The smallest absolute Gasteiger partial charge is 0.254 e. The van der Waals surface area contributed by atoms with Crippen LogP contribution in [0.25, 0.3) is 0 Å². The molecule has 1 saturated heterocycles. The second-order valence-corrected chi connectivity index (χ2v) is 5.34. The van der Waals surface area contributed by atoms with Gasteiger partial charge in [0.05, 0.1) is 18.8 Å². The molecule has 0 radical (unpaired) electrons. The average molecular weight is 277 g/mol. The van der Waals surface area contributed by atoms with Gasteiger partial charge in [0.25, 0.3) is 5.91 Å². The molecule has 0 N–H and O–H groups in total. The third-order valence-electron chi connectivity index (χ3n) is 3.26. The molecule has 2 atom stereocenters. The first-order chi connectivity index (χ1) is 9.60. The Morgan fingerprint density at radius 2 is 2.05 bits per heavy atom. The van der Waals surface area contributed by atoms with Crippen molar-refractivity contribution in [1.82, 2.24) is 4.90 Å². The first kappa shape index (κ1) is 14.9. The molecule has 0 saturated carbocycles. The predicted octanol–water partition coefficient (Wildman–Crippen LogP) is 2.72. The third-order valence-corrected chi connectivity index (χ3v) is 3.26. The van der Waals surface area contributed by atoms with Crippen molar-refractivity contribution in [2.45, 2.75) is 39.4 Å². The second-order valence-electron chi connectivity index (χ2n) is 5.34. The molecule has 1 aliphatic heterocycles. The molecule has 1 heterocycles. The van der Waals surface area contributed by atoms with Gasteiger partial charge in [-0.2, -0.15) is 0 Å². The van der Waals surface area contributed by atoms with Crippen LogP contribution >= 0.6 is 0 Å². The Morgan fingerprint density at radius 3 is 2.70 bits per heavy atom. The van der Waals surface area contributed by atoms with E-state index in [4.69, 9.17) is 9.47 Å². The van der Waals surface area contributed by atoms with E-state index in [9.17, 15) is 4.79 Å². The summed E-state index contributed by atoms with van der Waals surface area (Å²) in [5, 5.41) is 0. The van der Waals surface area contributed by atoms with Gasteiger partial charge >= 0.3 is 0 Å². The molecule has 1 aliphatic rings. The largest absolute Gasteiger partial charge is 0.494 e. The fourth-order valence-corrected chi connectivity index (χ4v) is 2.47. The zero-order valence-electron chi connectivity index (χ0n) is 12.5. The lowest BCUT2D eigenvalue weighted by Gasteiger charge is -2.35. The second kappa shape index (κ2) is 6.75. The molecule has 0 bridgehead atoms. The number of carbonyl (C=O) groups excluding carboxylic acids is 1. The molecule has 2 rings (SSSR count). The summed E-state index contributed by atoms with van der Waals surface area (Å²) in [4.78, 5) is 14.4. The van der Waals surface area contributed by atoms with Crippen LogP contribution < -0.4 is 4.74 Å². The summed E-state index contributed by atoms with van der Waals surface area (Å²) in [6.07, 6.45) is 1.13. The van der Waals surface area contributed by atoms with E-state index in [-0.39, 0.29) is 18.1 Å². The van der Waals surface area contributed by atoms with E-state index in [1.807, 2.05) is 43.0 Å². The van der Waals surface area contributed by atoms with Crippen LogP contribution in [0.3, 0.4) is 0 Å². The molecule has 2 unspecified atom stereocenters. The fraction of sp³-hybridized carbons (Fsp3) is 0.562. The minimum absolute atomic E-state index is 0.0500. The molecule has 1 fully saturated rings. The van der Waals surface area contributed by atoms with E-state index < -0.39 is 0 Å². The van der Waals surface area contributed by atoms with Crippen LogP contribution in [0.2, 0.25) is 0 Å². The number of nitrogens with zero attached hydrogens (tertiary/aromatic N) is 1. The number of morpholine rings is 1. The maximum absolute atomic E-state index is 12.5. The van der Waals surface area contributed by atoms with Crippen LogP contribution in [0, 0.1) is 0 Å². The lowest BCUT2D eigenvalue weighted by atomic mass is 10.1. The fourth-order valence-electron chi connectivity index (χ4n) is 2.47. The maximum atomic E-state index is 12.5. The molecule has 0 aromatic heterocycles. The Labute approximate surface area is 120 Å². The van der Waals surface area contributed by atoms with Crippen LogP contribution in [-0.2, 0) is 4.74 Å². The van der Waals surface area contributed by atoms with E-state index in [0.29, 0.717) is 25.3 Å². The van der Waals surface area contributed by atoms with Gasteiger partial charge in [-0.15, -0.1) is 0 Å². The molecule has 1 aromatic carbocycles. The van der Waals surface area contributed by atoms with Crippen LogP contribution in [0.15, 0.2) is 24.3 Å². The standard InChI is InChI=1S/C16H23NO3/c1-4-8-19-15-7-5-6-14(9-15)16(18)17-10-12(2)20-13(3)11-17/h5-7,9,12-13H,4,8,10-11H2,1-3H3. The first-order valence-corrected chi connectivity index (χ1v) is 7.27. The molecule has 4 nitrogen and oxygen atoms in total. The molecule has 110 valence electrons. The summed E-state index contributed by atoms with van der Waals surface area (Å²) in [6, 6.07) is 7.41. The number of amides is 1.